The molecule has 0 aromatic heterocycles. The van der Waals surface area contributed by atoms with E-state index in [1.165, 1.54) is 25.7 Å². The fraction of sp³-hybridized carbons (Fsp3) is 0.632. The Morgan fingerprint density at radius 3 is 2.77 bits per heavy atom. The number of rotatable bonds is 3. The van der Waals surface area contributed by atoms with Gasteiger partial charge in [-0.2, -0.15) is 0 Å². The van der Waals surface area contributed by atoms with Crippen LogP contribution in [-0.2, 0) is 4.79 Å². The zero-order chi connectivity index (χ0) is 16.5. The minimum Gasteiger partial charge on any atom is -0.369 e. The van der Waals surface area contributed by atoms with Crippen LogP contribution >= 0.6 is 36.4 Å². The van der Waals surface area contributed by atoms with Gasteiger partial charge in [0.2, 0.25) is 5.91 Å². The van der Waals surface area contributed by atoms with Gasteiger partial charge < -0.3 is 15.5 Å². The molecule has 3 fully saturated rings. The summed E-state index contributed by atoms with van der Waals surface area (Å²) in [4.78, 5) is 14.9. The highest BCUT2D eigenvalue weighted by atomic mass is 35.5. The molecule has 2 N–H and O–H groups in total. The SMILES string of the molecule is Cl.Cl.O=C(NC1CCN(c2cccc(Cl)c2)C1)C1CC2CCCCC2N1. The summed E-state index contributed by atoms with van der Waals surface area (Å²) in [6.45, 7) is 1.83. The Hall–Kier alpha value is -0.680. The van der Waals surface area contributed by atoms with Crippen LogP contribution in [0, 0.1) is 5.92 Å². The van der Waals surface area contributed by atoms with Gasteiger partial charge in [0, 0.05) is 35.9 Å². The van der Waals surface area contributed by atoms with Crippen molar-refractivity contribution in [3.63, 3.8) is 0 Å². The second-order valence-electron chi connectivity index (χ2n) is 7.53. The monoisotopic (exact) mass is 419 g/mol. The lowest BCUT2D eigenvalue weighted by molar-refractivity contribution is -0.123. The predicted molar refractivity (Wildman–Crippen MR) is 112 cm³/mol. The lowest BCUT2D eigenvalue weighted by atomic mass is 9.85. The van der Waals surface area contributed by atoms with E-state index >= 15 is 0 Å². The van der Waals surface area contributed by atoms with Crippen LogP contribution in [0.3, 0.4) is 0 Å². The first kappa shape index (κ1) is 21.6. The molecule has 2 aliphatic heterocycles. The molecule has 7 heteroatoms. The van der Waals surface area contributed by atoms with E-state index in [0.29, 0.717) is 12.0 Å². The summed E-state index contributed by atoms with van der Waals surface area (Å²) < 4.78 is 0. The van der Waals surface area contributed by atoms with Crippen LogP contribution in [0.2, 0.25) is 5.02 Å². The van der Waals surface area contributed by atoms with Crippen LogP contribution in [-0.4, -0.2) is 37.1 Å². The number of nitrogens with zero attached hydrogens (tertiary/aromatic N) is 1. The summed E-state index contributed by atoms with van der Waals surface area (Å²) in [6.07, 6.45) is 7.17. The third-order valence-corrected chi connectivity index (χ3v) is 6.12. The van der Waals surface area contributed by atoms with Gasteiger partial charge in [0.15, 0.2) is 0 Å². The molecular weight excluding hydrogens is 393 g/mol. The summed E-state index contributed by atoms with van der Waals surface area (Å²) in [7, 11) is 0. The fourth-order valence-corrected chi connectivity index (χ4v) is 4.79. The lowest BCUT2D eigenvalue weighted by Crippen LogP contribution is -2.47. The molecule has 2 saturated heterocycles. The van der Waals surface area contributed by atoms with Gasteiger partial charge in [0.25, 0.3) is 0 Å². The summed E-state index contributed by atoms with van der Waals surface area (Å²) in [5.74, 6) is 0.906. The van der Waals surface area contributed by atoms with Gasteiger partial charge in [-0.05, 0) is 49.8 Å². The molecule has 0 radical (unpaired) electrons. The number of hydrogen-bond donors (Lipinski definition) is 2. The molecular formula is C19H28Cl3N3O. The van der Waals surface area contributed by atoms with Gasteiger partial charge in [-0.1, -0.05) is 30.5 Å². The van der Waals surface area contributed by atoms with Crippen molar-refractivity contribution in [1.29, 1.82) is 0 Å². The first-order chi connectivity index (χ1) is 11.7. The number of anilines is 1. The number of fused-ring (bicyclic) bond motifs is 1. The average molecular weight is 421 g/mol. The predicted octanol–water partition coefficient (Wildman–Crippen LogP) is 3.80. The Bertz CT molecular complexity index is 601. The van der Waals surface area contributed by atoms with Crippen molar-refractivity contribution < 1.29 is 4.79 Å². The maximum Gasteiger partial charge on any atom is 0.237 e. The quantitative estimate of drug-likeness (QED) is 0.782. The molecule has 0 spiro atoms. The topological polar surface area (TPSA) is 44.4 Å². The van der Waals surface area contributed by atoms with Crippen LogP contribution in [0.4, 0.5) is 5.69 Å². The number of carbonyl (C=O) groups excluding carboxylic acids is 1. The molecule has 4 rings (SSSR count). The van der Waals surface area contributed by atoms with Crippen LogP contribution in [0.5, 0.6) is 0 Å². The second-order valence-corrected chi connectivity index (χ2v) is 7.96. The molecule has 1 aromatic carbocycles. The molecule has 4 atom stereocenters. The van der Waals surface area contributed by atoms with Crippen molar-refractivity contribution in [3.8, 4) is 0 Å². The largest absolute Gasteiger partial charge is 0.369 e. The van der Waals surface area contributed by atoms with Gasteiger partial charge in [-0.15, -0.1) is 24.8 Å². The second kappa shape index (κ2) is 9.50. The van der Waals surface area contributed by atoms with E-state index in [2.05, 4.69) is 21.6 Å². The van der Waals surface area contributed by atoms with E-state index in [1.54, 1.807) is 0 Å². The van der Waals surface area contributed by atoms with Crippen LogP contribution < -0.4 is 15.5 Å². The average Bonchev–Trinajstić information content (AvgIpc) is 3.21. The van der Waals surface area contributed by atoms with Crippen molar-refractivity contribution in [2.24, 2.45) is 5.92 Å². The van der Waals surface area contributed by atoms with Gasteiger partial charge in [0.05, 0.1) is 6.04 Å². The smallest absolute Gasteiger partial charge is 0.237 e. The van der Waals surface area contributed by atoms with Gasteiger partial charge in [-0.3, -0.25) is 4.79 Å². The van der Waals surface area contributed by atoms with E-state index < -0.39 is 0 Å². The lowest BCUT2D eigenvalue weighted by Gasteiger charge is -2.24. The van der Waals surface area contributed by atoms with Crippen LogP contribution in [0.15, 0.2) is 24.3 Å². The first-order valence-electron chi connectivity index (χ1n) is 9.26. The molecule has 4 nitrogen and oxygen atoms in total. The zero-order valence-corrected chi connectivity index (χ0v) is 17.2. The van der Waals surface area contributed by atoms with Crippen molar-refractivity contribution in [2.45, 2.75) is 56.7 Å². The Morgan fingerprint density at radius 2 is 2.00 bits per heavy atom. The fourth-order valence-electron chi connectivity index (χ4n) is 4.61. The van der Waals surface area contributed by atoms with Gasteiger partial charge in [-0.25, -0.2) is 0 Å². The Balaban J connectivity index is 0.00000121. The number of nitrogens with one attached hydrogen (secondary N) is 2. The molecule has 2 heterocycles. The number of benzene rings is 1. The van der Waals surface area contributed by atoms with Crippen molar-refractivity contribution >= 4 is 48.0 Å². The van der Waals surface area contributed by atoms with E-state index in [0.717, 1.165) is 36.6 Å². The van der Waals surface area contributed by atoms with Crippen LogP contribution in [0.1, 0.15) is 38.5 Å². The first-order valence-corrected chi connectivity index (χ1v) is 9.64. The van der Waals surface area contributed by atoms with Crippen molar-refractivity contribution in [3.05, 3.63) is 29.3 Å². The number of amides is 1. The highest BCUT2D eigenvalue weighted by Gasteiger charge is 2.39. The number of hydrogen-bond acceptors (Lipinski definition) is 3. The molecule has 1 amide bonds. The molecule has 1 aliphatic carbocycles. The van der Waals surface area contributed by atoms with Crippen molar-refractivity contribution in [2.75, 3.05) is 18.0 Å². The van der Waals surface area contributed by atoms with Crippen molar-refractivity contribution in [1.82, 2.24) is 10.6 Å². The minimum atomic E-state index is 0. The van der Waals surface area contributed by atoms with E-state index in [9.17, 15) is 4.79 Å². The molecule has 1 saturated carbocycles. The molecule has 1 aromatic rings. The van der Waals surface area contributed by atoms with Crippen LogP contribution in [0.25, 0.3) is 0 Å². The summed E-state index contributed by atoms with van der Waals surface area (Å²) in [5, 5.41) is 7.60. The minimum absolute atomic E-state index is 0. The normalized spacial score (nSPS) is 30.1. The number of carbonyl (C=O) groups is 1. The standard InChI is InChI=1S/C19H26ClN3O.2ClH/c20-14-5-3-6-16(11-14)23-9-8-15(12-23)21-19(24)18-10-13-4-1-2-7-17(13)22-18;;/h3,5-6,11,13,15,17-18,22H,1-2,4,7-10,12H2,(H,21,24);2*1H. The number of halogens is 3. The molecule has 146 valence electrons. The summed E-state index contributed by atoms with van der Waals surface area (Å²) in [5.41, 5.74) is 1.14. The van der Waals surface area contributed by atoms with E-state index in [-0.39, 0.29) is 42.8 Å². The maximum atomic E-state index is 12.6. The summed E-state index contributed by atoms with van der Waals surface area (Å²) >= 11 is 6.09. The Labute approximate surface area is 173 Å². The molecule has 0 bridgehead atoms. The molecule has 4 unspecified atom stereocenters. The zero-order valence-electron chi connectivity index (χ0n) is 14.8. The Kier molecular flexibility index (Phi) is 7.90. The molecule has 3 aliphatic rings. The van der Waals surface area contributed by atoms with Gasteiger partial charge >= 0.3 is 0 Å². The van der Waals surface area contributed by atoms with E-state index in [4.69, 9.17) is 11.6 Å². The highest BCUT2D eigenvalue weighted by molar-refractivity contribution is 6.30. The summed E-state index contributed by atoms with van der Waals surface area (Å²) in [6, 6.07) is 8.77. The van der Waals surface area contributed by atoms with E-state index in [1.807, 2.05) is 18.2 Å². The Morgan fingerprint density at radius 1 is 1.19 bits per heavy atom. The third kappa shape index (κ3) is 4.78. The highest BCUT2D eigenvalue weighted by Crippen LogP contribution is 2.33. The van der Waals surface area contributed by atoms with Gasteiger partial charge in [0.1, 0.15) is 0 Å². The maximum absolute atomic E-state index is 12.6. The third-order valence-electron chi connectivity index (χ3n) is 5.89. The molecule has 26 heavy (non-hydrogen) atoms.